The Hall–Kier alpha value is -1.71. The molecular formula is C5H3F3N6S. The third-order valence-electron chi connectivity index (χ3n) is 1.37. The first-order valence-electron chi connectivity index (χ1n) is 3.55. The minimum atomic E-state index is -4.55. The third-order valence-corrected chi connectivity index (χ3v) is 2.08. The maximum atomic E-state index is 12.1. The van der Waals surface area contributed by atoms with E-state index in [4.69, 9.17) is 5.73 Å². The zero-order valence-corrected chi connectivity index (χ0v) is 7.75. The van der Waals surface area contributed by atoms with Crippen molar-refractivity contribution in [2.75, 3.05) is 5.73 Å². The van der Waals surface area contributed by atoms with Gasteiger partial charge in [-0.05, 0) is 0 Å². The second-order valence-corrected chi connectivity index (χ2v) is 3.18. The number of aromatic nitrogens is 5. The lowest BCUT2D eigenvalue weighted by molar-refractivity contribution is -0.144. The number of nitrogens with two attached hydrogens (primary N) is 1. The van der Waals surface area contributed by atoms with Crippen molar-refractivity contribution >= 4 is 17.5 Å². The molecule has 0 atom stereocenters. The van der Waals surface area contributed by atoms with Gasteiger partial charge in [-0.2, -0.15) is 27.2 Å². The Morgan fingerprint density at radius 1 is 1.40 bits per heavy atom. The van der Waals surface area contributed by atoms with Gasteiger partial charge in [0, 0.05) is 11.5 Å². The second kappa shape index (κ2) is 3.15. The predicted molar refractivity (Wildman–Crippen MR) is 44.2 cm³/mol. The number of halogens is 3. The van der Waals surface area contributed by atoms with Crippen LogP contribution < -0.4 is 5.73 Å². The number of hydrogen-bond donors (Lipinski definition) is 1. The fourth-order valence-corrected chi connectivity index (χ4v) is 1.40. The molecule has 0 fully saturated rings. The summed E-state index contributed by atoms with van der Waals surface area (Å²) >= 11 is 0.567. The fraction of sp³-hybridized carbons (Fsp3) is 0.200. The van der Waals surface area contributed by atoms with Crippen LogP contribution >= 0.6 is 11.5 Å². The minimum Gasteiger partial charge on any atom is -0.366 e. The highest BCUT2D eigenvalue weighted by molar-refractivity contribution is 7.08. The first kappa shape index (κ1) is 9.83. The molecule has 0 amide bonds. The lowest BCUT2D eigenvalue weighted by atomic mass is 10.6. The van der Waals surface area contributed by atoms with E-state index in [1.54, 1.807) is 0 Å². The SMILES string of the molecule is Nc1ncn(-c2nc(C(F)(F)F)ns2)n1. The van der Waals surface area contributed by atoms with E-state index in [1.807, 2.05) is 0 Å². The summed E-state index contributed by atoms with van der Waals surface area (Å²) in [6, 6.07) is 0. The van der Waals surface area contributed by atoms with Crippen LogP contribution in [0.15, 0.2) is 6.33 Å². The zero-order chi connectivity index (χ0) is 11.1. The second-order valence-electron chi connectivity index (χ2n) is 2.45. The van der Waals surface area contributed by atoms with E-state index in [1.165, 1.54) is 0 Å². The molecule has 10 heteroatoms. The molecule has 0 bridgehead atoms. The third kappa shape index (κ3) is 1.88. The number of nitrogens with zero attached hydrogens (tertiary/aromatic N) is 5. The quantitative estimate of drug-likeness (QED) is 0.788. The molecular weight excluding hydrogens is 233 g/mol. The molecule has 0 aliphatic rings. The standard InChI is InChI=1S/C5H3F3N6S/c6-5(7,8)2-11-4(15-13-2)14-1-10-3(9)12-14/h1H,(H2,9,12). The van der Waals surface area contributed by atoms with Crippen LogP contribution in [-0.2, 0) is 6.18 Å². The van der Waals surface area contributed by atoms with Crippen molar-refractivity contribution < 1.29 is 13.2 Å². The zero-order valence-electron chi connectivity index (χ0n) is 6.93. The lowest BCUT2D eigenvalue weighted by Crippen LogP contribution is -2.07. The van der Waals surface area contributed by atoms with Crippen LogP contribution in [0.4, 0.5) is 19.1 Å². The number of alkyl halides is 3. The highest BCUT2D eigenvalue weighted by Gasteiger charge is 2.36. The summed E-state index contributed by atoms with van der Waals surface area (Å²) in [4.78, 5) is 6.80. The molecule has 0 saturated heterocycles. The molecule has 0 radical (unpaired) electrons. The van der Waals surface area contributed by atoms with Gasteiger partial charge in [-0.25, -0.2) is 4.98 Å². The number of hydrogen-bond acceptors (Lipinski definition) is 6. The van der Waals surface area contributed by atoms with Gasteiger partial charge in [0.2, 0.25) is 16.9 Å². The van der Waals surface area contributed by atoms with Crippen molar-refractivity contribution in [3.8, 4) is 5.13 Å². The van der Waals surface area contributed by atoms with Gasteiger partial charge >= 0.3 is 6.18 Å². The van der Waals surface area contributed by atoms with Crippen LogP contribution in [0.25, 0.3) is 5.13 Å². The van der Waals surface area contributed by atoms with Crippen LogP contribution in [0, 0.1) is 0 Å². The van der Waals surface area contributed by atoms with Crippen molar-refractivity contribution in [1.29, 1.82) is 0 Å². The maximum absolute atomic E-state index is 12.1. The van der Waals surface area contributed by atoms with Gasteiger partial charge in [-0.15, -0.1) is 5.10 Å². The summed E-state index contributed by atoms with van der Waals surface area (Å²) in [6.45, 7) is 0. The first-order chi connectivity index (χ1) is 6.97. The van der Waals surface area contributed by atoms with E-state index >= 15 is 0 Å². The summed E-state index contributed by atoms with van der Waals surface area (Å²) < 4.78 is 40.6. The van der Waals surface area contributed by atoms with Crippen molar-refractivity contribution in [3.05, 3.63) is 12.2 Å². The fourth-order valence-electron chi connectivity index (χ4n) is 0.792. The minimum absolute atomic E-state index is 0.0356. The molecule has 2 rings (SSSR count). The summed E-state index contributed by atoms with van der Waals surface area (Å²) in [6.07, 6.45) is -3.39. The van der Waals surface area contributed by atoms with E-state index in [0.29, 0.717) is 11.5 Å². The first-order valence-corrected chi connectivity index (χ1v) is 4.32. The summed E-state index contributed by atoms with van der Waals surface area (Å²) in [7, 11) is 0. The summed E-state index contributed by atoms with van der Waals surface area (Å²) in [5, 5.41) is 3.56. The van der Waals surface area contributed by atoms with Crippen molar-refractivity contribution in [2.45, 2.75) is 6.18 Å². The molecule has 0 aliphatic carbocycles. The molecule has 2 aromatic rings. The maximum Gasteiger partial charge on any atom is 0.452 e. The summed E-state index contributed by atoms with van der Waals surface area (Å²) in [5.41, 5.74) is 5.20. The number of anilines is 1. The normalized spacial score (nSPS) is 11.9. The molecule has 0 saturated carbocycles. The highest BCUT2D eigenvalue weighted by Crippen LogP contribution is 2.28. The van der Waals surface area contributed by atoms with Gasteiger partial charge in [0.15, 0.2) is 0 Å². The van der Waals surface area contributed by atoms with Crippen molar-refractivity contribution in [1.82, 2.24) is 24.1 Å². The Morgan fingerprint density at radius 2 is 2.13 bits per heavy atom. The van der Waals surface area contributed by atoms with Crippen LogP contribution in [0.3, 0.4) is 0 Å². The Morgan fingerprint density at radius 3 is 2.60 bits per heavy atom. The molecule has 2 heterocycles. The average molecular weight is 236 g/mol. The highest BCUT2D eigenvalue weighted by atomic mass is 32.1. The van der Waals surface area contributed by atoms with E-state index in [9.17, 15) is 13.2 Å². The number of nitrogen functional groups attached to an aromatic ring is 1. The molecule has 6 nitrogen and oxygen atoms in total. The largest absolute Gasteiger partial charge is 0.452 e. The molecule has 0 spiro atoms. The molecule has 2 N–H and O–H groups in total. The lowest BCUT2D eigenvalue weighted by Gasteiger charge is -1.97. The van der Waals surface area contributed by atoms with Crippen molar-refractivity contribution in [2.24, 2.45) is 0 Å². The monoisotopic (exact) mass is 236 g/mol. The Bertz CT molecular complexity index is 473. The average Bonchev–Trinajstić information content (AvgIpc) is 2.69. The van der Waals surface area contributed by atoms with Gasteiger partial charge in [-0.1, -0.05) is 0 Å². The van der Waals surface area contributed by atoms with Gasteiger partial charge in [0.1, 0.15) is 6.33 Å². The van der Waals surface area contributed by atoms with Gasteiger partial charge in [0.05, 0.1) is 0 Å². The number of rotatable bonds is 1. The van der Waals surface area contributed by atoms with E-state index in [-0.39, 0.29) is 11.1 Å². The Kier molecular flexibility index (Phi) is 2.07. The molecule has 0 aliphatic heterocycles. The predicted octanol–water partition coefficient (Wildman–Crippen LogP) is 0.720. The molecule has 0 aromatic carbocycles. The Labute approximate surface area is 84.7 Å². The van der Waals surface area contributed by atoms with Crippen LogP contribution in [0.1, 0.15) is 5.82 Å². The molecule has 80 valence electrons. The van der Waals surface area contributed by atoms with Gasteiger partial charge in [-0.3, -0.25) is 0 Å². The van der Waals surface area contributed by atoms with E-state index in [2.05, 4.69) is 19.4 Å². The van der Waals surface area contributed by atoms with Gasteiger partial charge in [0.25, 0.3) is 0 Å². The van der Waals surface area contributed by atoms with Crippen LogP contribution in [-0.4, -0.2) is 24.1 Å². The van der Waals surface area contributed by atoms with Gasteiger partial charge < -0.3 is 5.73 Å². The molecule has 0 unspecified atom stereocenters. The van der Waals surface area contributed by atoms with Crippen LogP contribution in [0.2, 0.25) is 0 Å². The summed E-state index contributed by atoms with van der Waals surface area (Å²) in [5.74, 6) is -1.24. The Balaban J connectivity index is 2.36. The smallest absolute Gasteiger partial charge is 0.366 e. The molecule has 2 aromatic heterocycles. The topological polar surface area (TPSA) is 82.5 Å². The molecule has 15 heavy (non-hydrogen) atoms. The van der Waals surface area contributed by atoms with Crippen molar-refractivity contribution in [3.63, 3.8) is 0 Å². The van der Waals surface area contributed by atoms with Crippen LogP contribution in [0.5, 0.6) is 0 Å². The van der Waals surface area contributed by atoms with E-state index in [0.717, 1.165) is 11.0 Å². The van der Waals surface area contributed by atoms with E-state index < -0.39 is 12.0 Å².